The summed E-state index contributed by atoms with van der Waals surface area (Å²) in [6.45, 7) is 8.96. The van der Waals surface area contributed by atoms with E-state index in [1.165, 1.54) is 0 Å². The smallest absolute Gasteiger partial charge is 0.144 e. The SMILES string of the molecule is CCN(CCCO)CCC(C)(C)C(N)=NO. The van der Waals surface area contributed by atoms with Crippen LogP contribution in [-0.4, -0.2) is 47.3 Å². The maximum absolute atomic E-state index is 8.77. The van der Waals surface area contributed by atoms with E-state index in [0.29, 0.717) is 0 Å². The van der Waals surface area contributed by atoms with Crippen LogP contribution in [0, 0.1) is 5.41 Å². The van der Waals surface area contributed by atoms with Gasteiger partial charge < -0.3 is 20.9 Å². The summed E-state index contributed by atoms with van der Waals surface area (Å²) in [5, 5.41) is 20.5. The number of oxime groups is 1. The van der Waals surface area contributed by atoms with Crippen LogP contribution in [0.5, 0.6) is 0 Å². The monoisotopic (exact) mass is 231 g/mol. The Morgan fingerprint density at radius 3 is 2.44 bits per heavy atom. The highest BCUT2D eigenvalue weighted by atomic mass is 16.4. The third-order valence-electron chi connectivity index (χ3n) is 2.93. The van der Waals surface area contributed by atoms with E-state index in [2.05, 4.69) is 17.0 Å². The maximum Gasteiger partial charge on any atom is 0.144 e. The molecule has 16 heavy (non-hydrogen) atoms. The van der Waals surface area contributed by atoms with E-state index < -0.39 is 0 Å². The Morgan fingerprint density at radius 1 is 1.38 bits per heavy atom. The van der Waals surface area contributed by atoms with E-state index in [9.17, 15) is 0 Å². The number of hydrogen-bond donors (Lipinski definition) is 3. The maximum atomic E-state index is 8.77. The van der Waals surface area contributed by atoms with Gasteiger partial charge in [0.25, 0.3) is 0 Å². The zero-order valence-corrected chi connectivity index (χ0v) is 10.6. The molecule has 0 atom stereocenters. The lowest BCUT2D eigenvalue weighted by atomic mass is 9.88. The molecule has 0 bridgehead atoms. The summed E-state index contributed by atoms with van der Waals surface area (Å²) >= 11 is 0. The number of nitrogens with two attached hydrogens (primary N) is 1. The molecule has 0 aliphatic heterocycles. The highest BCUT2D eigenvalue weighted by molar-refractivity contribution is 5.85. The van der Waals surface area contributed by atoms with Crippen LogP contribution in [0.4, 0.5) is 0 Å². The lowest BCUT2D eigenvalue weighted by molar-refractivity contribution is 0.215. The largest absolute Gasteiger partial charge is 0.409 e. The van der Waals surface area contributed by atoms with Gasteiger partial charge in [0.05, 0.1) is 0 Å². The van der Waals surface area contributed by atoms with Crippen molar-refractivity contribution >= 4 is 5.84 Å². The van der Waals surface area contributed by atoms with Gasteiger partial charge in [-0.05, 0) is 25.9 Å². The van der Waals surface area contributed by atoms with Gasteiger partial charge in [-0.25, -0.2) is 0 Å². The van der Waals surface area contributed by atoms with E-state index in [0.717, 1.165) is 32.5 Å². The zero-order chi connectivity index (χ0) is 12.6. The summed E-state index contributed by atoms with van der Waals surface area (Å²) in [6.07, 6.45) is 1.63. The van der Waals surface area contributed by atoms with Gasteiger partial charge >= 0.3 is 0 Å². The van der Waals surface area contributed by atoms with Crippen LogP contribution in [0.15, 0.2) is 5.16 Å². The molecule has 0 heterocycles. The Labute approximate surface area is 97.9 Å². The minimum Gasteiger partial charge on any atom is -0.409 e. The van der Waals surface area contributed by atoms with E-state index >= 15 is 0 Å². The fraction of sp³-hybridized carbons (Fsp3) is 0.909. The Bertz CT molecular complexity index is 217. The Kier molecular flexibility index (Phi) is 7.08. The van der Waals surface area contributed by atoms with Crippen LogP contribution >= 0.6 is 0 Å². The number of hydrogen-bond acceptors (Lipinski definition) is 4. The summed E-state index contributed by atoms with van der Waals surface area (Å²) in [7, 11) is 0. The van der Waals surface area contributed by atoms with E-state index in [-0.39, 0.29) is 17.9 Å². The number of amidine groups is 1. The van der Waals surface area contributed by atoms with Gasteiger partial charge in [0.1, 0.15) is 5.84 Å². The van der Waals surface area contributed by atoms with E-state index in [1.807, 2.05) is 13.8 Å². The second-order valence-corrected chi connectivity index (χ2v) is 4.63. The Hall–Kier alpha value is -0.810. The van der Waals surface area contributed by atoms with Crippen molar-refractivity contribution in [2.75, 3.05) is 26.2 Å². The van der Waals surface area contributed by atoms with Crippen LogP contribution < -0.4 is 5.73 Å². The fourth-order valence-corrected chi connectivity index (χ4v) is 1.42. The lowest BCUT2D eigenvalue weighted by Crippen LogP contribution is -2.36. The molecule has 0 aliphatic rings. The normalized spacial score (nSPS) is 13.4. The van der Waals surface area contributed by atoms with Crippen molar-refractivity contribution in [3.05, 3.63) is 0 Å². The molecule has 0 aromatic rings. The zero-order valence-electron chi connectivity index (χ0n) is 10.6. The van der Waals surface area contributed by atoms with Crippen LogP contribution in [0.25, 0.3) is 0 Å². The number of aliphatic hydroxyl groups excluding tert-OH is 1. The minimum atomic E-state index is -0.290. The van der Waals surface area contributed by atoms with E-state index in [1.54, 1.807) is 0 Å². The molecule has 5 heteroatoms. The average molecular weight is 231 g/mol. The Balaban J connectivity index is 4.09. The van der Waals surface area contributed by atoms with Crippen molar-refractivity contribution in [2.24, 2.45) is 16.3 Å². The van der Waals surface area contributed by atoms with Gasteiger partial charge in [0, 0.05) is 18.6 Å². The molecule has 5 nitrogen and oxygen atoms in total. The van der Waals surface area contributed by atoms with Gasteiger partial charge in [-0.2, -0.15) is 0 Å². The molecule has 0 aliphatic carbocycles. The summed E-state index contributed by atoms with van der Waals surface area (Å²) in [6, 6.07) is 0. The van der Waals surface area contributed by atoms with Crippen LogP contribution in [0.1, 0.15) is 33.6 Å². The second kappa shape index (κ2) is 7.46. The summed E-state index contributed by atoms with van der Waals surface area (Å²) in [4.78, 5) is 2.25. The predicted octanol–water partition coefficient (Wildman–Crippen LogP) is 0.853. The molecule has 4 N–H and O–H groups in total. The molecular weight excluding hydrogens is 206 g/mol. The first-order chi connectivity index (χ1) is 7.47. The molecule has 0 rings (SSSR count). The van der Waals surface area contributed by atoms with Gasteiger partial charge in [0.2, 0.25) is 0 Å². The number of rotatable bonds is 8. The van der Waals surface area contributed by atoms with Crippen molar-refractivity contribution in [1.29, 1.82) is 0 Å². The second-order valence-electron chi connectivity index (χ2n) is 4.63. The number of nitrogens with zero attached hydrogens (tertiary/aromatic N) is 2. The molecule has 0 aromatic heterocycles. The first-order valence-corrected chi connectivity index (χ1v) is 5.79. The molecule has 0 spiro atoms. The first kappa shape index (κ1) is 15.2. The third kappa shape index (κ3) is 5.32. The molecule has 0 amide bonds. The third-order valence-corrected chi connectivity index (χ3v) is 2.93. The van der Waals surface area contributed by atoms with Crippen molar-refractivity contribution in [3.8, 4) is 0 Å². The predicted molar refractivity (Wildman–Crippen MR) is 65.6 cm³/mol. The quantitative estimate of drug-likeness (QED) is 0.250. The molecule has 0 aromatic carbocycles. The van der Waals surface area contributed by atoms with Crippen LogP contribution in [-0.2, 0) is 0 Å². The molecular formula is C11H25N3O2. The minimum absolute atomic E-state index is 0.222. The summed E-state index contributed by atoms with van der Waals surface area (Å²) in [5.41, 5.74) is 5.33. The summed E-state index contributed by atoms with van der Waals surface area (Å²) in [5.74, 6) is 0.269. The standard InChI is InChI=1S/C11H25N3O2/c1-4-14(7-5-9-15)8-6-11(2,3)10(12)13-16/h15-16H,4-9H2,1-3H3,(H2,12,13). The topological polar surface area (TPSA) is 82.1 Å². The molecule has 0 unspecified atom stereocenters. The van der Waals surface area contributed by atoms with Gasteiger partial charge in [-0.15, -0.1) is 0 Å². The van der Waals surface area contributed by atoms with Crippen LogP contribution in [0.3, 0.4) is 0 Å². The van der Waals surface area contributed by atoms with Gasteiger partial charge in [0.15, 0.2) is 0 Å². The molecule has 0 saturated heterocycles. The van der Waals surface area contributed by atoms with Crippen LogP contribution in [0.2, 0.25) is 0 Å². The highest BCUT2D eigenvalue weighted by Crippen LogP contribution is 2.20. The molecule has 0 radical (unpaired) electrons. The average Bonchev–Trinajstić information content (AvgIpc) is 2.28. The van der Waals surface area contributed by atoms with Crippen molar-refractivity contribution in [2.45, 2.75) is 33.6 Å². The fourth-order valence-electron chi connectivity index (χ4n) is 1.42. The number of aliphatic hydroxyl groups is 1. The highest BCUT2D eigenvalue weighted by Gasteiger charge is 2.23. The van der Waals surface area contributed by atoms with Gasteiger partial charge in [-0.3, -0.25) is 0 Å². The van der Waals surface area contributed by atoms with Crippen molar-refractivity contribution in [1.82, 2.24) is 4.90 Å². The summed E-state index contributed by atoms with van der Waals surface area (Å²) < 4.78 is 0. The molecule has 0 saturated carbocycles. The first-order valence-electron chi connectivity index (χ1n) is 5.79. The van der Waals surface area contributed by atoms with Gasteiger partial charge in [-0.1, -0.05) is 25.9 Å². The Morgan fingerprint density at radius 2 is 2.00 bits per heavy atom. The lowest BCUT2D eigenvalue weighted by Gasteiger charge is -2.27. The molecule has 96 valence electrons. The van der Waals surface area contributed by atoms with Crippen molar-refractivity contribution in [3.63, 3.8) is 0 Å². The molecule has 0 fully saturated rings. The van der Waals surface area contributed by atoms with E-state index in [4.69, 9.17) is 16.0 Å². The van der Waals surface area contributed by atoms with Crippen molar-refractivity contribution < 1.29 is 10.3 Å².